The Balaban J connectivity index is 1.82. The van der Waals surface area contributed by atoms with E-state index in [2.05, 4.69) is 15.0 Å². The van der Waals surface area contributed by atoms with Crippen LogP contribution in [0, 0.1) is 6.92 Å². The van der Waals surface area contributed by atoms with Crippen molar-refractivity contribution >= 4 is 5.91 Å². The molecule has 2 aromatic rings. The van der Waals surface area contributed by atoms with Crippen molar-refractivity contribution in [2.24, 2.45) is 5.73 Å². The monoisotopic (exact) mass is 365 g/mol. The van der Waals surface area contributed by atoms with Crippen molar-refractivity contribution in [3.63, 3.8) is 0 Å². The second-order valence-corrected chi connectivity index (χ2v) is 6.19. The second kappa shape index (κ2) is 7.77. The molecule has 7 nitrogen and oxygen atoms in total. The summed E-state index contributed by atoms with van der Waals surface area (Å²) < 4.78 is 30.3. The molecule has 0 spiro atoms. The van der Waals surface area contributed by atoms with Crippen LogP contribution in [0.15, 0.2) is 24.3 Å². The number of benzene rings is 1. The van der Waals surface area contributed by atoms with Gasteiger partial charge in [0.25, 0.3) is 5.91 Å². The van der Waals surface area contributed by atoms with Crippen LogP contribution in [0.5, 0.6) is 5.75 Å². The first-order valence-electron chi connectivity index (χ1n) is 8.50. The van der Waals surface area contributed by atoms with Crippen LogP contribution >= 0.6 is 0 Å². The van der Waals surface area contributed by atoms with Gasteiger partial charge in [-0.05, 0) is 50.5 Å². The van der Waals surface area contributed by atoms with Gasteiger partial charge in [-0.3, -0.25) is 4.79 Å². The summed E-state index contributed by atoms with van der Waals surface area (Å²) in [6, 6.07) is 6.01. The normalized spacial score (nSPS) is 17.6. The highest BCUT2D eigenvalue weighted by Gasteiger charge is 2.29. The van der Waals surface area contributed by atoms with Gasteiger partial charge in [-0.15, -0.1) is 5.10 Å². The van der Waals surface area contributed by atoms with Crippen LogP contribution in [0.2, 0.25) is 0 Å². The van der Waals surface area contributed by atoms with E-state index >= 15 is 0 Å². The molecule has 0 radical (unpaired) electrons. The van der Waals surface area contributed by atoms with E-state index in [-0.39, 0.29) is 23.4 Å². The number of hydrogen-bond acceptors (Lipinski definition) is 5. The number of likely N-dealkylation sites (tertiary alicyclic amines) is 1. The maximum absolute atomic E-state index is 12.9. The Morgan fingerprint density at radius 3 is 2.73 bits per heavy atom. The molecule has 1 saturated heterocycles. The number of alkyl halides is 2. The minimum absolute atomic E-state index is 0.0200. The number of halogens is 2. The van der Waals surface area contributed by atoms with Crippen molar-refractivity contribution in [2.75, 3.05) is 13.1 Å². The number of hydrogen-bond donors (Lipinski definition) is 1. The predicted molar refractivity (Wildman–Crippen MR) is 90.5 cm³/mol. The minimum atomic E-state index is -2.88. The van der Waals surface area contributed by atoms with Crippen LogP contribution in [-0.2, 0) is 0 Å². The van der Waals surface area contributed by atoms with Crippen LogP contribution in [0.3, 0.4) is 0 Å². The molecule has 1 aliphatic heterocycles. The quantitative estimate of drug-likeness (QED) is 0.877. The van der Waals surface area contributed by atoms with E-state index in [4.69, 9.17) is 5.73 Å². The fraction of sp³-hybridized carbons (Fsp3) is 0.471. The van der Waals surface area contributed by atoms with Gasteiger partial charge in [0.2, 0.25) is 0 Å². The fourth-order valence-corrected chi connectivity index (χ4v) is 3.19. The molecule has 2 N–H and O–H groups in total. The van der Waals surface area contributed by atoms with Crippen LogP contribution < -0.4 is 10.5 Å². The number of piperidine rings is 1. The number of carbonyl (C=O) groups is 1. The first kappa shape index (κ1) is 18.2. The van der Waals surface area contributed by atoms with Gasteiger partial charge < -0.3 is 15.4 Å². The highest BCUT2D eigenvalue weighted by atomic mass is 19.3. The van der Waals surface area contributed by atoms with E-state index in [1.54, 1.807) is 24.0 Å². The van der Waals surface area contributed by atoms with Crippen molar-refractivity contribution in [2.45, 2.75) is 38.8 Å². The van der Waals surface area contributed by atoms with Crippen molar-refractivity contribution in [3.05, 3.63) is 35.7 Å². The molecule has 3 rings (SSSR count). The van der Waals surface area contributed by atoms with Crippen molar-refractivity contribution in [1.29, 1.82) is 0 Å². The largest absolute Gasteiger partial charge is 0.435 e. The van der Waals surface area contributed by atoms with E-state index < -0.39 is 6.61 Å². The third-order valence-corrected chi connectivity index (χ3v) is 4.56. The van der Waals surface area contributed by atoms with E-state index in [0.717, 1.165) is 19.3 Å². The second-order valence-electron chi connectivity index (χ2n) is 6.19. The van der Waals surface area contributed by atoms with Crippen LogP contribution in [0.25, 0.3) is 5.69 Å². The standard InChI is InChI=1S/C17H21F2N5O2/c1-11-15(16(25)23-9-3-2-4-13(23)10-20)21-22-24(11)12-5-7-14(8-6-12)26-17(18)19/h5-8,13,17H,2-4,9-10,20H2,1H3. The summed E-state index contributed by atoms with van der Waals surface area (Å²) in [7, 11) is 0. The van der Waals surface area contributed by atoms with Gasteiger partial charge in [-0.1, -0.05) is 5.21 Å². The van der Waals surface area contributed by atoms with Gasteiger partial charge in [-0.25, -0.2) is 4.68 Å². The van der Waals surface area contributed by atoms with Gasteiger partial charge in [-0.2, -0.15) is 8.78 Å². The molecule has 140 valence electrons. The lowest BCUT2D eigenvalue weighted by molar-refractivity contribution is -0.0498. The average molecular weight is 365 g/mol. The molecule has 1 atom stereocenters. The number of carbonyl (C=O) groups excluding carboxylic acids is 1. The highest BCUT2D eigenvalue weighted by Crippen LogP contribution is 2.22. The lowest BCUT2D eigenvalue weighted by Crippen LogP contribution is -2.47. The first-order valence-corrected chi connectivity index (χ1v) is 8.50. The van der Waals surface area contributed by atoms with E-state index in [1.165, 1.54) is 16.8 Å². The molecular weight excluding hydrogens is 344 g/mol. The molecule has 1 unspecified atom stereocenters. The summed E-state index contributed by atoms with van der Waals surface area (Å²) in [4.78, 5) is 14.6. The van der Waals surface area contributed by atoms with Gasteiger partial charge in [0, 0.05) is 19.1 Å². The van der Waals surface area contributed by atoms with Gasteiger partial charge in [0.15, 0.2) is 5.69 Å². The smallest absolute Gasteiger partial charge is 0.387 e. The van der Waals surface area contributed by atoms with E-state index in [9.17, 15) is 13.6 Å². The fourth-order valence-electron chi connectivity index (χ4n) is 3.19. The molecule has 0 bridgehead atoms. The first-order chi connectivity index (χ1) is 12.5. The number of rotatable bonds is 5. The number of aromatic nitrogens is 3. The SMILES string of the molecule is Cc1c(C(=O)N2CCCCC2CN)nnn1-c1ccc(OC(F)F)cc1. The number of nitrogens with two attached hydrogens (primary N) is 1. The van der Waals surface area contributed by atoms with E-state index in [1.807, 2.05) is 0 Å². The van der Waals surface area contributed by atoms with Crippen LogP contribution in [0.4, 0.5) is 8.78 Å². The molecule has 9 heteroatoms. The zero-order valence-corrected chi connectivity index (χ0v) is 14.4. The van der Waals surface area contributed by atoms with Crippen LogP contribution in [0.1, 0.15) is 35.4 Å². The topological polar surface area (TPSA) is 86.3 Å². The molecule has 1 aromatic carbocycles. The Morgan fingerprint density at radius 1 is 1.35 bits per heavy atom. The average Bonchev–Trinajstić information content (AvgIpc) is 3.02. The summed E-state index contributed by atoms with van der Waals surface area (Å²) in [5, 5.41) is 8.08. The molecule has 26 heavy (non-hydrogen) atoms. The zero-order valence-electron chi connectivity index (χ0n) is 14.4. The Morgan fingerprint density at radius 2 is 2.08 bits per heavy atom. The Labute approximate surface area is 149 Å². The molecule has 1 amide bonds. The molecule has 0 aliphatic carbocycles. The molecule has 1 fully saturated rings. The number of amides is 1. The maximum atomic E-state index is 12.9. The third kappa shape index (κ3) is 3.67. The number of nitrogens with zero attached hydrogens (tertiary/aromatic N) is 4. The Hall–Kier alpha value is -2.55. The minimum Gasteiger partial charge on any atom is -0.435 e. The summed E-state index contributed by atoms with van der Waals surface area (Å²) in [5.74, 6) is -0.126. The summed E-state index contributed by atoms with van der Waals surface area (Å²) in [6.45, 7) is -0.0479. The predicted octanol–water partition coefficient (Wildman–Crippen LogP) is 2.13. The lowest BCUT2D eigenvalue weighted by Gasteiger charge is -2.34. The zero-order chi connectivity index (χ0) is 18.7. The molecular formula is C17H21F2N5O2. The summed E-state index contributed by atoms with van der Waals surface area (Å²) in [5.41, 5.74) is 7.25. The van der Waals surface area contributed by atoms with Gasteiger partial charge in [0.05, 0.1) is 11.4 Å². The molecule has 1 aliphatic rings. The molecule has 2 heterocycles. The Kier molecular flexibility index (Phi) is 5.46. The molecule has 0 saturated carbocycles. The highest BCUT2D eigenvalue weighted by molar-refractivity contribution is 5.93. The van der Waals surface area contributed by atoms with Crippen molar-refractivity contribution < 1.29 is 18.3 Å². The van der Waals surface area contributed by atoms with E-state index in [0.29, 0.717) is 24.5 Å². The van der Waals surface area contributed by atoms with Crippen molar-refractivity contribution in [3.8, 4) is 11.4 Å². The van der Waals surface area contributed by atoms with Gasteiger partial charge >= 0.3 is 6.61 Å². The molecule has 1 aromatic heterocycles. The van der Waals surface area contributed by atoms with Crippen molar-refractivity contribution in [1.82, 2.24) is 19.9 Å². The summed E-state index contributed by atoms with van der Waals surface area (Å²) >= 11 is 0. The number of ether oxygens (including phenoxy) is 1. The summed E-state index contributed by atoms with van der Waals surface area (Å²) in [6.07, 6.45) is 2.90. The Bertz CT molecular complexity index is 763. The maximum Gasteiger partial charge on any atom is 0.387 e. The van der Waals surface area contributed by atoms with Crippen LogP contribution in [-0.4, -0.2) is 51.5 Å². The van der Waals surface area contributed by atoms with Gasteiger partial charge in [0.1, 0.15) is 5.75 Å². The lowest BCUT2D eigenvalue weighted by atomic mass is 10.0. The third-order valence-electron chi connectivity index (χ3n) is 4.56.